The summed E-state index contributed by atoms with van der Waals surface area (Å²) in [5, 5.41) is 1.40. The Kier molecular flexibility index (Phi) is 4.23. The summed E-state index contributed by atoms with van der Waals surface area (Å²) in [6.45, 7) is 0.295. The van der Waals surface area contributed by atoms with E-state index in [1.807, 2.05) is 18.2 Å². The van der Waals surface area contributed by atoms with Crippen LogP contribution >= 0.6 is 34.8 Å². The Labute approximate surface area is 120 Å². The van der Waals surface area contributed by atoms with Crippen LogP contribution in [0.25, 0.3) is 0 Å². The Morgan fingerprint density at radius 3 is 2.17 bits per heavy atom. The summed E-state index contributed by atoms with van der Waals surface area (Å²) in [5.74, 6) is 0.410. The molecule has 0 aliphatic carbocycles. The predicted molar refractivity (Wildman–Crippen MR) is 76.7 cm³/mol. The minimum atomic E-state index is 0.295. The molecule has 0 amide bonds. The van der Waals surface area contributed by atoms with Gasteiger partial charge < -0.3 is 10.5 Å². The molecule has 0 aliphatic heterocycles. The first-order valence-corrected chi connectivity index (χ1v) is 6.32. The van der Waals surface area contributed by atoms with E-state index in [1.165, 1.54) is 0 Å². The van der Waals surface area contributed by atoms with Crippen LogP contribution in [0.5, 0.6) is 5.75 Å². The smallest absolute Gasteiger partial charge is 0.157 e. The molecule has 0 saturated heterocycles. The van der Waals surface area contributed by atoms with E-state index in [0.717, 1.165) is 5.56 Å². The number of hydrogen-bond acceptors (Lipinski definition) is 2. The predicted octanol–water partition coefficient (Wildman–Crippen LogP) is 4.81. The van der Waals surface area contributed by atoms with Crippen molar-refractivity contribution in [1.29, 1.82) is 0 Å². The Hall–Kier alpha value is -1.09. The monoisotopic (exact) mass is 301 g/mol. The van der Waals surface area contributed by atoms with Gasteiger partial charge in [0.15, 0.2) is 5.75 Å². The minimum absolute atomic E-state index is 0.295. The summed E-state index contributed by atoms with van der Waals surface area (Å²) in [6.07, 6.45) is 0. The number of nitrogen functional groups attached to an aromatic ring is 1. The van der Waals surface area contributed by atoms with Crippen molar-refractivity contribution in [2.45, 2.75) is 6.61 Å². The third kappa shape index (κ3) is 3.02. The molecule has 94 valence electrons. The molecule has 2 aromatic rings. The summed E-state index contributed by atoms with van der Waals surface area (Å²) >= 11 is 18.1. The van der Waals surface area contributed by atoms with Crippen LogP contribution in [0.1, 0.15) is 5.56 Å². The Bertz CT molecular complexity index is 549. The van der Waals surface area contributed by atoms with Crippen LogP contribution in [-0.2, 0) is 6.61 Å². The molecular weight excluding hydrogens is 293 g/mol. The molecule has 0 atom stereocenters. The number of anilines is 1. The fourth-order valence-electron chi connectivity index (χ4n) is 1.48. The van der Waals surface area contributed by atoms with E-state index in [0.29, 0.717) is 33.1 Å². The quantitative estimate of drug-likeness (QED) is 0.826. The van der Waals surface area contributed by atoms with Crippen LogP contribution in [0, 0.1) is 0 Å². The fraction of sp³-hybridized carbons (Fsp3) is 0.0769. The molecule has 0 fully saturated rings. The topological polar surface area (TPSA) is 35.2 Å². The molecule has 0 aromatic heterocycles. The molecule has 18 heavy (non-hydrogen) atoms. The maximum atomic E-state index is 6.03. The van der Waals surface area contributed by atoms with Gasteiger partial charge in [-0.3, -0.25) is 0 Å². The number of hydrogen-bond donors (Lipinski definition) is 1. The van der Waals surface area contributed by atoms with Crippen LogP contribution in [-0.4, -0.2) is 0 Å². The van der Waals surface area contributed by atoms with Gasteiger partial charge in [-0.05, 0) is 18.2 Å². The zero-order chi connectivity index (χ0) is 13.1. The van der Waals surface area contributed by atoms with Crippen molar-refractivity contribution in [3.8, 4) is 5.75 Å². The van der Waals surface area contributed by atoms with Gasteiger partial charge in [0.2, 0.25) is 0 Å². The first-order valence-electron chi connectivity index (χ1n) is 5.18. The van der Waals surface area contributed by atoms with E-state index >= 15 is 0 Å². The Morgan fingerprint density at radius 1 is 0.944 bits per heavy atom. The van der Waals surface area contributed by atoms with Crippen LogP contribution < -0.4 is 10.5 Å². The lowest BCUT2D eigenvalue weighted by molar-refractivity contribution is 0.307. The molecule has 5 heteroatoms. The summed E-state index contributed by atoms with van der Waals surface area (Å²) in [7, 11) is 0. The second-order valence-corrected chi connectivity index (χ2v) is 4.92. The van der Waals surface area contributed by atoms with Gasteiger partial charge in [0.1, 0.15) is 6.61 Å². The molecule has 0 aliphatic rings. The van der Waals surface area contributed by atoms with E-state index in [2.05, 4.69) is 0 Å². The van der Waals surface area contributed by atoms with E-state index in [9.17, 15) is 0 Å². The second kappa shape index (κ2) is 5.70. The molecule has 2 aromatic carbocycles. The lowest BCUT2D eigenvalue weighted by atomic mass is 10.2. The van der Waals surface area contributed by atoms with Gasteiger partial charge in [-0.25, -0.2) is 0 Å². The van der Waals surface area contributed by atoms with Crippen molar-refractivity contribution in [1.82, 2.24) is 0 Å². The van der Waals surface area contributed by atoms with Gasteiger partial charge in [0.05, 0.1) is 10.0 Å². The summed E-state index contributed by atoms with van der Waals surface area (Å²) in [4.78, 5) is 0. The van der Waals surface area contributed by atoms with Crippen LogP contribution in [0.2, 0.25) is 15.1 Å². The Balaban J connectivity index is 2.19. The molecule has 2 nitrogen and oxygen atoms in total. The van der Waals surface area contributed by atoms with Gasteiger partial charge in [-0.1, -0.05) is 53.0 Å². The third-order valence-electron chi connectivity index (χ3n) is 2.35. The molecule has 0 spiro atoms. The van der Waals surface area contributed by atoms with Gasteiger partial charge in [0, 0.05) is 16.3 Å². The van der Waals surface area contributed by atoms with Crippen LogP contribution in [0.4, 0.5) is 5.69 Å². The molecule has 0 heterocycles. The number of ether oxygens (including phenoxy) is 1. The summed E-state index contributed by atoms with van der Waals surface area (Å²) in [5.41, 5.74) is 6.97. The molecule has 0 bridgehead atoms. The second-order valence-electron chi connectivity index (χ2n) is 3.69. The highest BCUT2D eigenvalue weighted by Gasteiger charge is 2.09. The van der Waals surface area contributed by atoms with E-state index in [1.54, 1.807) is 18.2 Å². The van der Waals surface area contributed by atoms with E-state index in [-0.39, 0.29) is 0 Å². The molecule has 0 saturated carbocycles. The number of benzene rings is 2. The zero-order valence-electron chi connectivity index (χ0n) is 9.29. The average molecular weight is 303 g/mol. The summed E-state index contributed by atoms with van der Waals surface area (Å²) < 4.78 is 5.59. The van der Waals surface area contributed by atoms with Gasteiger partial charge in [-0.15, -0.1) is 0 Å². The molecule has 2 rings (SSSR count). The van der Waals surface area contributed by atoms with Crippen molar-refractivity contribution in [2.24, 2.45) is 0 Å². The fourth-order valence-corrected chi connectivity index (χ4v) is 2.29. The molecular formula is C13H10Cl3NO. The first kappa shape index (κ1) is 13.3. The van der Waals surface area contributed by atoms with Crippen molar-refractivity contribution in [3.05, 3.63) is 57.0 Å². The standard InChI is InChI=1S/C13H10Cl3NO/c14-10-4-2-1-3-8(10)7-18-13-11(15)5-9(17)6-12(13)16/h1-6H,7,17H2. The van der Waals surface area contributed by atoms with E-state index < -0.39 is 0 Å². The van der Waals surface area contributed by atoms with Crippen molar-refractivity contribution in [3.63, 3.8) is 0 Å². The maximum absolute atomic E-state index is 6.03. The lowest BCUT2D eigenvalue weighted by Crippen LogP contribution is -1.98. The average Bonchev–Trinajstić information content (AvgIpc) is 2.30. The van der Waals surface area contributed by atoms with Crippen molar-refractivity contribution in [2.75, 3.05) is 5.73 Å². The molecule has 0 unspecified atom stereocenters. The molecule has 2 N–H and O–H groups in total. The van der Waals surface area contributed by atoms with Gasteiger partial charge >= 0.3 is 0 Å². The SMILES string of the molecule is Nc1cc(Cl)c(OCc2ccccc2Cl)c(Cl)c1. The highest BCUT2D eigenvalue weighted by Crippen LogP contribution is 2.35. The van der Waals surface area contributed by atoms with E-state index in [4.69, 9.17) is 45.3 Å². The van der Waals surface area contributed by atoms with Gasteiger partial charge in [0.25, 0.3) is 0 Å². The highest BCUT2D eigenvalue weighted by atomic mass is 35.5. The highest BCUT2D eigenvalue weighted by molar-refractivity contribution is 6.37. The number of nitrogens with two attached hydrogens (primary N) is 1. The zero-order valence-corrected chi connectivity index (χ0v) is 11.6. The van der Waals surface area contributed by atoms with Crippen LogP contribution in [0.3, 0.4) is 0 Å². The van der Waals surface area contributed by atoms with Crippen molar-refractivity contribution < 1.29 is 4.74 Å². The molecule has 0 radical (unpaired) electrons. The lowest BCUT2D eigenvalue weighted by Gasteiger charge is -2.11. The Morgan fingerprint density at radius 2 is 1.56 bits per heavy atom. The number of halogens is 3. The first-order chi connectivity index (χ1) is 8.58. The summed E-state index contributed by atoms with van der Waals surface area (Å²) in [6, 6.07) is 10.6. The maximum Gasteiger partial charge on any atom is 0.157 e. The largest absolute Gasteiger partial charge is 0.486 e. The normalized spacial score (nSPS) is 10.4. The van der Waals surface area contributed by atoms with Crippen LogP contribution in [0.15, 0.2) is 36.4 Å². The third-order valence-corrected chi connectivity index (χ3v) is 3.28. The van der Waals surface area contributed by atoms with Gasteiger partial charge in [-0.2, -0.15) is 0 Å². The van der Waals surface area contributed by atoms with Crippen molar-refractivity contribution >= 4 is 40.5 Å². The number of rotatable bonds is 3. The minimum Gasteiger partial charge on any atom is -0.486 e.